The summed E-state index contributed by atoms with van der Waals surface area (Å²) in [4.78, 5) is 5.05. The molecule has 3 heterocycles. The number of hydrogen-bond acceptors (Lipinski definition) is 6. The van der Waals surface area contributed by atoms with Crippen molar-refractivity contribution in [3.63, 3.8) is 0 Å². The van der Waals surface area contributed by atoms with Crippen molar-refractivity contribution >= 4 is 16.6 Å². The Morgan fingerprint density at radius 2 is 1.75 bits per heavy atom. The van der Waals surface area contributed by atoms with E-state index in [9.17, 15) is 0 Å². The van der Waals surface area contributed by atoms with Gasteiger partial charge >= 0.3 is 0 Å². The molecule has 5 aromatic rings. The van der Waals surface area contributed by atoms with Gasteiger partial charge in [0.15, 0.2) is 11.5 Å². The molecule has 0 radical (unpaired) electrons. The highest BCUT2D eigenvalue weighted by atomic mass is 16.3. The van der Waals surface area contributed by atoms with Gasteiger partial charge in [-0.15, -0.1) is 10.2 Å². The van der Waals surface area contributed by atoms with Gasteiger partial charge < -0.3 is 16.2 Å². The van der Waals surface area contributed by atoms with E-state index in [-0.39, 0.29) is 6.61 Å². The van der Waals surface area contributed by atoms with E-state index in [4.69, 9.17) is 15.8 Å². The quantitative estimate of drug-likeness (QED) is 0.347. The molecule has 5 rings (SSSR count). The van der Waals surface area contributed by atoms with Gasteiger partial charge in [0.25, 0.3) is 0 Å². The second-order valence-electron chi connectivity index (χ2n) is 7.61. The van der Waals surface area contributed by atoms with Gasteiger partial charge in [-0.2, -0.15) is 0 Å². The average molecular weight is 425 g/mol. The molecule has 3 aromatic heterocycles. The zero-order chi connectivity index (χ0) is 21.9. The second-order valence-corrected chi connectivity index (χ2v) is 7.61. The van der Waals surface area contributed by atoms with Crippen LogP contribution in [0.3, 0.4) is 0 Å². The first-order valence-corrected chi connectivity index (χ1v) is 10.6. The molecule has 0 fully saturated rings. The lowest BCUT2D eigenvalue weighted by Crippen LogP contribution is -2.19. The summed E-state index contributed by atoms with van der Waals surface area (Å²) < 4.78 is 1.97. The molecule has 0 aliphatic rings. The molecule has 0 saturated carbocycles. The topological polar surface area (TPSA) is 101 Å². The van der Waals surface area contributed by atoms with E-state index in [0.717, 1.165) is 50.3 Å². The third-order valence-electron chi connectivity index (χ3n) is 5.56. The largest absolute Gasteiger partial charge is 0.395 e. The van der Waals surface area contributed by atoms with Crippen LogP contribution in [0.15, 0.2) is 72.9 Å². The van der Waals surface area contributed by atoms with E-state index in [2.05, 4.69) is 45.8 Å². The summed E-state index contributed by atoms with van der Waals surface area (Å²) in [6, 6.07) is 22.6. The lowest BCUT2D eigenvalue weighted by molar-refractivity contribution is 0.291. The maximum absolute atomic E-state index is 9.02. The number of pyridine rings is 2. The van der Waals surface area contributed by atoms with Gasteiger partial charge in [-0.05, 0) is 23.3 Å². The number of rotatable bonds is 7. The molecule has 0 unspecified atom stereocenters. The molecule has 0 bridgehead atoms. The van der Waals surface area contributed by atoms with Crippen LogP contribution in [0.4, 0.5) is 0 Å². The van der Waals surface area contributed by atoms with E-state index in [1.807, 2.05) is 47.0 Å². The third kappa shape index (κ3) is 3.73. The molecule has 0 amide bonds. The predicted octanol–water partition coefficient (Wildman–Crippen LogP) is 3.15. The number of nitrogens with one attached hydrogen (secondary N) is 1. The zero-order valence-electron chi connectivity index (χ0n) is 17.6. The Morgan fingerprint density at radius 1 is 0.938 bits per heavy atom. The second kappa shape index (κ2) is 8.84. The van der Waals surface area contributed by atoms with Gasteiger partial charge in [-0.1, -0.05) is 54.6 Å². The Balaban J connectivity index is 1.70. The molecule has 0 saturated heterocycles. The first kappa shape index (κ1) is 20.3. The first-order chi connectivity index (χ1) is 15.8. The van der Waals surface area contributed by atoms with E-state index in [1.54, 1.807) is 0 Å². The molecule has 2 aromatic carbocycles. The molecule has 160 valence electrons. The van der Waals surface area contributed by atoms with Crippen LogP contribution in [0.2, 0.25) is 0 Å². The van der Waals surface area contributed by atoms with Crippen LogP contribution in [0, 0.1) is 0 Å². The minimum Gasteiger partial charge on any atom is -0.395 e. The molecule has 32 heavy (non-hydrogen) atoms. The van der Waals surface area contributed by atoms with Gasteiger partial charge in [-0.25, -0.2) is 4.98 Å². The molecule has 4 N–H and O–H groups in total. The molecule has 0 aliphatic heterocycles. The van der Waals surface area contributed by atoms with Crippen molar-refractivity contribution in [3.05, 3.63) is 84.3 Å². The van der Waals surface area contributed by atoms with E-state index >= 15 is 0 Å². The van der Waals surface area contributed by atoms with Crippen molar-refractivity contribution < 1.29 is 5.11 Å². The van der Waals surface area contributed by atoms with Crippen LogP contribution in [-0.2, 0) is 13.1 Å². The van der Waals surface area contributed by atoms with Crippen LogP contribution >= 0.6 is 0 Å². The fourth-order valence-corrected chi connectivity index (χ4v) is 3.90. The number of aliphatic hydroxyl groups is 1. The van der Waals surface area contributed by atoms with Gasteiger partial charge in [0.05, 0.1) is 24.4 Å². The number of benzene rings is 2. The van der Waals surface area contributed by atoms with Crippen LogP contribution in [0.5, 0.6) is 0 Å². The van der Waals surface area contributed by atoms with Crippen molar-refractivity contribution in [2.75, 3.05) is 13.2 Å². The molecule has 7 heteroatoms. The Kier molecular flexibility index (Phi) is 5.60. The summed E-state index contributed by atoms with van der Waals surface area (Å²) in [5.74, 6) is 0.790. The van der Waals surface area contributed by atoms with Crippen LogP contribution < -0.4 is 11.1 Å². The molecular weight excluding hydrogens is 400 g/mol. The standard InChI is InChI=1S/C25H24N6O/c26-15-17-6-8-19(9-7-17)24-20(18-4-2-1-3-5-18)14-21-22(28-24)10-12-31-23(16-27-11-13-32)29-30-25(21)31/h1-10,12,14,27,32H,11,13,15-16,26H2. The normalized spacial score (nSPS) is 11.4. The number of hydrogen-bond donors (Lipinski definition) is 3. The summed E-state index contributed by atoms with van der Waals surface area (Å²) in [5, 5.41) is 21.9. The van der Waals surface area contributed by atoms with Crippen molar-refractivity contribution in [1.82, 2.24) is 24.9 Å². The Morgan fingerprint density at radius 3 is 2.50 bits per heavy atom. The maximum Gasteiger partial charge on any atom is 0.170 e. The molecule has 0 aliphatic carbocycles. The summed E-state index contributed by atoms with van der Waals surface area (Å²) in [5.41, 5.74) is 12.6. The zero-order valence-corrected chi connectivity index (χ0v) is 17.6. The average Bonchev–Trinajstić information content (AvgIpc) is 3.27. The summed E-state index contributed by atoms with van der Waals surface area (Å²) >= 11 is 0. The number of aliphatic hydroxyl groups excluding tert-OH is 1. The highest BCUT2D eigenvalue weighted by Crippen LogP contribution is 2.34. The number of nitrogens with two attached hydrogens (primary N) is 1. The van der Waals surface area contributed by atoms with Gasteiger partial charge in [0.2, 0.25) is 0 Å². The fraction of sp³-hybridized carbons (Fsp3) is 0.160. The monoisotopic (exact) mass is 424 g/mol. The Bertz CT molecular complexity index is 1360. The van der Waals surface area contributed by atoms with Crippen LogP contribution in [0.1, 0.15) is 11.4 Å². The van der Waals surface area contributed by atoms with Crippen LogP contribution in [0.25, 0.3) is 38.9 Å². The van der Waals surface area contributed by atoms with Crippen molar-refractivity contribution in [2.24, 2.45) is 5.73 Å². The predicted molar refractivity (Wildman–Crippen MR) is 126 cm³/mol. The SMILES string of the molecule is NCc1ccc(-c2nc3ccn4c(CNCCO)nnc4c3cc2-c2ccccc2)cc1. The highest BCUT2D eigenvalue weighted by molar-refractivity contribution is 5.98. The summed E-state index contributed by atoms with van der Waals surface area (Å²) in [6.45, 7) is 1.63. The van der Waals surface area contributed by atoms with Crippen LogP contribution in [-0.4, -0.2) is 37.8 Å². The smallest absolute Gasteiger partial charge is 0.170 e. The maximum atomic E-state index is 9.02. The number of aromatic nitrogens is 4. The summed E-state index contributed by atoms with van der Waals surface area (Å²) in [7, 11) is 0. The van der Waals surface area contributed by atoms with Crippen molar-refractivity contribution in [3.8, 4) is 22.4 Å². The van der Waals surface area contributed by atoms with E-state index in [1.165, 1.54) is 0 Å². The van der Waals surface area contributed by atoms with Gasteiger partial charge in [0.1, 0.15) is 0 Å². The van der Waals surface area contributed by atoms with Gasteiger partial charge in [0, 0.05) is 35.8 Å². The lowest BCUT2D eigenvalue weighted by Gasteiger charge is -2.13. The number of nitrogens with zero attached hydrogens (tertiary/aromatic N) is 4. The first-order valence-electron chi connectivity index (χ1n) is 10.6. The third-order valence-corrected chi connectivity index (χ3v) is 5.56. The Labute approximate surface area is 185 Å². The highest BCUT2D eigenvalue weighted by Gasteiger charge is 2.15. The summed E-state index contributed by atoms with van der Waals surface area (Å²) in [6.07, 6.45) is 1.95. The lowest BCUT2D eigenvalue weighted by atomic mass is 9.97. The van der Waals surface area contributed by atoms with E-state index in [0.29, 0.717) is 19.6 Å². The van der Waals surface area contributed by atoms with E-state index < -0.39 is 0 Å². The molecule has 0 atom stereocenters. The molecular formula is C25H24N6O. The number of fused-ring (bicyclic) bond motifs is 3. The van der Waals surface area contributed by atoms with Crippen molar-refractivity contribution in [1.29, 1.82) is 0 Å². The van der Waals surface area contributed by atoms with Gasteiger partial charge in [-0.3, -0.25) is 4.40 Å². The Hall–Kier alpha value is -3.65. The minimum atomic E-state index is 0.0824. The molecule has 0 spiro atoms. The minimum absolute atomic E-state index is 0.0824. The molecule has 7 nitrogen and oxygen atoms in total. The van der Waals surface area contributed by atoms with Crippen molar-refractivity contribution in [2.45, 2.75) is 13.1 Å². The fourth-order valence-electron chi connectivity index (χ4n) is 3.90.